The van der Waals surface area contributed by atoms with Crippen LogP contribution in [0.5, 0.6) is 0 Å². The fraction of sp³-hybridized carbons (Fsp3) is 0.357. The number of imidazole rings is 1. The predicted octanol–water partition coefficient (Wildman–Crippen LogP) is 2.91. The first-order valence-electron chi connectivity index (χ1n) is 6.19. The summed E-state index contributed by atoms with van der Waals surface area (Å²) in [4.78, 5) is 5.49. The molecule has 0 bridgehead atoms. The van der Waals surface area contributed by atoms with Crippen LogP contribution in [-0.2, 0) is 18.8 Å². The van der Waals surface area contributed by atoms with Gasteiger partial charge in [-0.25, -0.2) is 4.98 Å². The number of aryl methyl sites for hydroxylation is 1. The largest absolute Gasteiger partial charge is 0.334 e. The van der Waals surface area contributed by atoms with E-state index in [0.29, 0.717) is 0 Å². The van der Waals surface area contributed by atoms with E-state index in [-0.39, 0.29) is 0 Å². The van der Waals surface area contributed by atoms with E-state index in [0.717, 1.165) is 18.8 Å². The molecule has 0 saturated carbocycles. The third kappa shape index (κ3) is 3.37. The summed E-state index contributed by atoms with van der Waals surface area (Å²) >= 11 is 1.85. The molecule has 0 aliphatic heterocycles. The van der Waals surface area contributed by atoms with Crippen LogP contribution in [0.1, 0.15) is 18.2 Å². The summed E-state index contributed by atoms with van der Waals surface area (Å²) in [6, 6.07) is 8.72. The summed E-state index contributed by atoms with van der Waals surface area (Å²) in [6.45, 7) is 4.05. The Labute approximate surface area is 113 Å². The summed E-state index contributed by atoms with van der Waals surface area (Å²) in [5.41, 5.74) is 2.60. The molecular weight excluding hydrogens is 242 g/mol. The average Bonchev–Trinajstić information content (AvgIpc) is 2.86. The normalized spacial score (nSPS) is 10.8. The first-order valence-corrected chi connectivity index (χ1v) is 7.17. The van der Waals surface area contributed by atoms with Crippen molar-refractivity contribution in [3.05, 3.63) is 48.0 Å². The molecule has 0 atom stereocenters. The highest BCUT2D eigenvalue weighted by Gasteiger charge is 2.01. The van der Waals surface area contributed by atoms with E-state index in [4.69, 9.17) is 0 Å². The minimum Gasteiger partial charge on any atom is -0.334 e. The quantitative estimate of drug-likeness (QED) is 0.811. The number of hydrogen-bond donors (Lipinski definition) is 1. The Morgan fingerprint density at radius 3 is 2.72 bits per heavy atom. The fourth-order valence-corrected chi connectivity index (χ4v) is 2.70. The lowest BCUT2D eigenvalue weighted by Crippen LogP contribution is -2.04. The molecule has 0 saturated heterocycles. The second kappa shape index (κ2) is 6.61. The third-order valence-electron chi connectivity index (χ3n) is 2.83. The van der Waals surface area contributed by atoms with Crippen LogP contribution in [0.3, 0.4) is 0 Å². The van der Waals surface area contributed by atoms with Crippen LogP contribution in [-0.4, -0.2) is 16.6 Å². The van der Waals surface area contributed by atoms with Gasteiger partial charge in [-0.15, -0.1) is 11.8 Å². The maximum atomic E-state index is 4.19. The Morgan fingerprint density at radius 1 is 1.28 bits per heavy atom. The van der Waals surface area contributed by atoms with Crippen molar-refractivity contribution in [1.82, 2.24) is 14.9 Å². The molecule has 0 aliphatic rings. The second-order valence-corrected chi connectivity index (χ2v) is 5.18. The minimum atomic E-state index is 0.924. The molecule has 18 heavy (non-hydrogen) atoms. The van der Waals surface area contributed by atoms with Gasteiger partial charge in [-0.2, -0.15) is 0 Å². The van der Waals surface area contributed by atoms with Crippen molar-refractivity contribution in [2.24, 2.45) is 0 Å². The van der Waals surface area contributed by atoms with Crippen molar-refractivity contribution in [2.75, 3.05) is 7.05 Å². The average molecular weight is 261 g/mol. The lowest BCUT2D eigenvalue weighted by atomic mass is 10.2. The zero-order valence-electron chi connectivity index (χ0n) is 10.9. The highest BCUT2D eigenvalue weighted by molar-refractivity contribution is 7.98. The van der Waals surface area contributed by atoms with Crippen LogP contribution < -0.4 is 5.32 Å². The molecule has 1 aromatic carbocycles. The molecule has 1 heterocycles. The summed E-state index contributed by atoms with van der Waals surface area (Å²) in [5.74, 6) is 0.971. The number of aromatic nitrogens is 2. The number of benzene rings is 1. The molecule has 0 unspecified atom stereocenters. The number of hydrogen-bond acceptors (Lipinski definition) is 3. The van der Waals surface area contributed by atoms with E-state index in [1.165, 1.54) is 16.2 Å². The molecule has 3 nitrogen and oxygen atoms in total. The van der Waals surface area contributed by atoms with Gasteiger partial charge in [0.25, 0.3) is 0 Å². The smallest absolute Gasteiger partial charge is 0.0948 e. The molecule has 0 radical (unpaired) electrons. The molecule has 96 valence electrons. The molecule has 1 N–H and O–H groups in total. The third-order valence-corrected chi connectivity index (χ3v) is 3.88. The predicted molar refractivity (Wildman–Crippen MR) is 76.7 cm³/mol. The van der Waals surface area contributed by atoms with Crippen LogP contribution >= 0.6 is 11.8 Å². The Hall–Kier alpha value is -1.26. The molecule has 2 rings (SSSR count). The molecule has 2 aromatic rings. The number of thioether (sulfide) groups is 1. The van der Waals surface area contributed by atoms with E-state index < -0.39 is 0 Å². The summed E-state index contributed by atoms with van der Waals surface area (Å²) in [7, 11) is 1.97. The van der Waals surface area contributed by atoms with Crippen molar-refractivity contribution in [1.29, 1.82) is 0 Å². The van der Waals surface area contributed by atoms with Gasteiger partial charge in [-0.05, 0) is 31.7 Å². The van der Waals surface area contributed by atoms with Gasteiger partial charge in [-0.3, -0.25) is 0 Å². The molecule has 4 heteroatoms. The van der Waals surface area contributed by atoms with Gasteiger partial charge < -0.3 is 9.88 Å². The highest BCUT2D eigenvalue weighted by Crippen LogP contribution is 2.22. The summed E-state index contributed by atoms with van der Waals surface area (Å²) in [5, 5.41) is 3.15. The Balaban J connectivity index is 1.94. The molecule has 0 spiro atoms. The van der Waals surface area contributed by atoms with E-state index >= 15 is 0 Å². The van der Waals surface area contributed by atoms with Gasteiger partial charge in [-0.1, -0.05) is 12.1 Å². The van der Waals surface area contributed by atoms with Gasteiger partial charge in [0.15, 0.2) is 0 Å². The summed E-state index contributed by atoms with van der Waals surface area (Å²) < 4.78 is 2.18. The van der Waals surface area contributed by atoms with Gasteiger partial charge >= 0.3 is 0 Å². The zero-order chi connectivity index (χ0) is 12.8. The summed E-state index contributed by atoms with van der Waals surface area (Å²) in [6.07, 6.45) is 3.85. The fourth-order valence-electron chi connectivity index (χ4n) is 1.82. The number of nitrogens with one attached hydrogen (secondary N) is 1. The maximum absolute atomic E-state index is 4.19. The van der Waals surface area contributed by atoms with E-state index in [1.807, 2.05) is 31.3 Å². The minimum absolute atomic E-state index is 0.924. The van der Waals surface area contributed by atoms with Crippen LogP contribution in [0.2, 0.25) is 0 Å². The van der Waals surface area contributed by atoms with Gasteiger partial charge in [0.1, 0.15) is 0 Å². The lowest BCUT2D eigenvalue weighted by Gasteiger charge is -2.06. The van der Waals surface area contributed by atoms with E-state index in [9.17, 15) is 0 Å². The van der Waals surface area contributed by atoms with E-state index in [2.05, 4.69) is 46.1 Å². The Morgan fingerprint density at radius 2 is 2.06 bits per heavy atom. The van der Waals surface area contributed by atoms with Crippen LogP contribution in [0.25, 0.3) is 0 Å². The van der Waals surface area contributed by atoms with Crippen molar-refractivity contribution in [3.8, 4) is 0 Å². The van der Waals surface area contributed by atoms with Crippen LogP contribution in [0.15, 0.2) is 41.7 Å². The van der Waals surface area contributed by atoms with Crippen molar-refractivity contribution >= 4 is 11.8 Å². The van der Waals surface area contributed by atoms with Gasteiger partial charge in [0.05, 0.1) is 6.33 Å². The highest BCUT2D eigenvalue weighted by atomic mass is 32.2. The van der Waals surface area contributed by atoms with Crippen molar-refractivity contribution < 1.29 is 0 Å². The van der Waals surface area contributed by atoms with Crippen molar-refractivity contribution in [3.63, 3.8) is 0 Å². The van der Waals surface area contributed by atoms with Crippen molar-refractivity contribution in [2.45, 2.75) is 30.7 Å². The topological polar surface area (TPSA) is 29.9 Å². The van der Waals surface area contributed by atoms with Crippen LogP contribution in [0.4, 0.5) is 0 Å². The monoisotopic (exact) mass is 261 g/mol. The zero-order valence-corrected chi connectivity index (χ0v) is 11.7. The first kappa shape index (κ1) is 13.2. The Bertz CT molecular complexity index is 476. The number of nitrogens with zero attached hydrogens (tertiary/aromatic N) is 2. The SMILES string of the molecule is CCn1cncc1CSc1ccc(CNC)cc1. The molecule has 1 aromatic heterocycles. The lowest BCUT2D eigenvalue weighted by molar-refractivity contribution is 0.734. The van der Waals surface area contributed by atoms with E-state index in [1.54, 1.807) is 0 Å². The molecule has 0 fully saturated rings. The first-order chi connectivity index (χ1) is 8.83. The van der Waals surface area contributed by atoms with Gasteiger partial charge in [0, 0.05) is 35.6 Å². The number of rotatable bonds is 6. The standard InChI is InChI=1S/C14H19N3S/c1-3-17-11-16-9-13(17)10-18-14-6-4-12(5-7-14)8-15-2/h4-7,9,11,15H,3,8,10H2,1-2H3. The molecule has 0 amide bonds. The van der Waals surface area contributed by atoms with Crippen LogP contribution in [0, 0.1) is 0 Å². The van der Waals surface area contributed by atoms with Gasteiger partial charge in [0.2, 0.25) is 0 Å². The maximum Gasteiger partial charge on any atom is 0.0948 e. The second-order valence-electron chi connectivity index (χ2n) is 4.13. The Kier molecular flexibility index (Phi) is 4.84. The molecule has 0 aliphatic carbocycles. The molecular formula is C14H19N3S.